The second-order valence-corrected chi connectivity index (χ2v) is 14.4. The minimum atomic E-state index is -1.33. The summed E-state index contributed by atoms with van der Waals surface area (Å²) in [5.41, 5.74) is 0.284. The van der Waals surface area contributed by atoms with Gasteiger partial charge in [-0.3, -0.25) is 0 Å². The lowest BCUT2D eigenvalue weighted by Crippen LogP contribution is -2.02. The van der Waals surface area contributed by atoms with Crippen molar-refractivity contribution < 1.29 is 70.2 Å². The number of rotatable bonds is 0. The maximum atomic E-state index is 12.7. The van der Waals surface area contributed by atoms with E-state index in [1.54, 1.807) is 26.0 Å². The highest BCUT2D eigenvalue weighted by atomic mass is 19.2. The first-order valence-corrected chi connectivity index (χ1v) is 18.6. The van der Waals surface area contributed by atoms with E-state index in [-0.39, 0.29) is 33.4 Å². The van der Waals surface area contributed by atoms with Gasteiger partial charge in [0.05, 0.1) is 0 Å². The monoisotopic (exact) mass is 924 g/mol. The van der Waals surface area contributed by atoms with E-state index in [0.29, 0.717) is 22.3 Å². The van der Waals surface area contributed by atoms with E-state index in [0.717, 1.165) is 26.0 Å². The topological polar surface area (TPSA) is 0 Å². The number of halogens is 16. The summed E-state index contributed by atoms with van der Waals surface area (Å²) in [7, 11) is 0. The lowest BCUT2D eigenvalue weighted by atomic mass is 10.1. The standard InChI is InChI=1S/C8H6F4.2C8H7F3.3C8H8F2/c1-3-5(9)7(11)4(2)8(12)6(3)10;2*1-4-3-6(9)5(2)8(11)7(4)10;2*1-5-3-7(9)6(2)8(10)4-5;1-5-3-4-6(2)8(10)7(5)9/h1-2H3;2*3H,1-2H3;3*3-4H,1-2H3. The fourth-order valence-electron chi connectivity index (χ4n) is 4.75. The van der Waals surface area contributed by atoms with Crippen molar-refractivity contribution in [3.63, 3.8) is 0 Å². The van der Waals surface area contributed by atoms with Crippen molar-refractivity contribution in [1.82, 2.24) is 0 Å². The molecule has 0 aromatic heterocycles. The Bertz CT molecular complexity index is 2250. The maximum Gasteiger partial charge on any atom is 0.165 e. The number of hydrogen-bond acceptors (Lipinski definition) is 0. The minimum Gasteiger partial charge on any atom is -0.207 e. The largest absolute Gasteiger partial charge is 0.207 e. The van der Waals surface area contributed by atoms with Crippen LogP contribution in [0.3, 0.4) is 0 Å². The number of hydrogen-bond donors (Lipinski definition) is 0. The van der Waals surface area contributed by atoms with Crippen LogP contribution in [0.4, 0.5) is 70.2 Å². The Morgan fingerprint density at radius 2 is 0.391 bits per heavy atom. The van der Waals surface area contributed by atoms with Crippen molar-refractivity contribution in [2.75, 3.05) is 0 Å². The Hall–Kier alpha value is -5.80. The number of benzene rings is 6. The zero-order valence-corrected chi connectivity index (χ0v) is 36.7. The van der Waals surface area contributed by atoms with Crippen molar-refractivity contribution >= 4 is 0 Å². The Morgan fingerprint density at radius 3 is 0.625 bits per heavy atom. The summed E-state index contributed by atoms with van der Waals surface area (Å²) in [6, 6.07) is 10.4. The molecule has 0 bridgehead atoms. The van der Waals surface area contributed by atoms with Gasteiger partial charge >= 0.3 is 0 Å². The van der Waals surface area contributed by atoms with Crippen molar-refractivity contribution in [3.8, 4) is 0 Å². The molecule has 0 fully saturated rings. The molecule has 0 spiro atoms. The smallest absolute Gasteiger partial charge is 0.165 e. The molecule has 0 aliphatic heterocycles. The van der Waals surface area contributed by atoms with Gasteiger partial charge in [0.2, 0.25) is 0 Å². The van der Waals surface area contributed by atoms with Gasteiger partial charge in [-0.25, -0.2) is 70.2 Å². The molecule has 0 saturated heterocycles. The molecule has 6 rings (SSSR count). The van der Waals surface area contributed by atoms with Crippen LogP contribution < -0.4 is 0 Å². The molecule has 0 atom stereocenters. The molecule has 0 saturated carbocycles. The van der Waals surface area contributed by atoms with Gasteiger partial charge in [-0.05, 0) is 153 Å². The van der Waals surface area contributed by atoms with Gasteiger partial charge in [0.15, 0.2) is 58.2 Å². The molecule has 0 N–H and O–H groups in total. The van der Waals surface area contributed by atoms with E-state index in [9.17, 15) is 70.2 Å². The van der Waals surface area contributed by atoms with Gasteiger partial charge in [-0.2, -0.15) is 0 Å². The van der Waals surface area contributed by atoms with Crippen LogP contribution in [-0.2, 0) is 0 Å². The summed E-state index contributed by atoms with van der Waals surface area (Å²) in [6.07, 6.45) is 0. The van der Waals surface area contributed by atoms with Crippen LogP contribution in [0.25, 0.3) is 0 Å². The fourth-order valence-corrected chi connectivity index (χ4v) is 4.75. The highest BCUT2D eigenvalue weighted by molar-refractivity contribution is 5.29. The first-order valence-electron chi connectivity index (χ1n) is 18.6. The summed E-state index contributed by atoms with van der Waals surface area (Å²) in [6.45, 7) is 16.2. The third kappa shape index (κ3) is 14.9. The molecule has 0 aliphatic carbocycles. The summed E-state index contributed by atoms with van der Waals surface area (Å²) in [5, 5.41) is 0. The van der Waals surface area contributed by atoms with E-state index >= 15 is 0 Å². The van der Waals surface area contributed by atoms with Crippen LogP contribution >= 0.6 is 0 Å². The third-order valence-corrected chi connectivity index (χ3v) is 9.16. The lowest BCUT2D eigenvalue weighted by molar-refractivity contribution is 0.436. The first kappa shape index (κ1) is 56.2. The second-order valence-electron chi connectivity index (χ2n) is 14.4. The highest BCUT2D eigenvalue weighted by Crippen LogP contribution is 2.23. The van der Waals surface area contributed by atoms with Crippen molar-refractivity contribution in [2.24, 2.45) is 0 Å². The molecule has 64 heavy (non-hydrogen) atoms. The Kier molecular flexibility index (Phi) is 21.4. The molecule has 0 nitrogen and oxygen atoms in total. The fraction of sp³-hybridized carbons (Fsp3) is 0.250. The Labute approximate surface area is 361 Å². The lowest BCUT2D eigenvalue weighted by Gasteiger charge is -2.04. The van der Waals surface area contributed by atoms with E-state index in [4.69, 9.17) is 0 Å². The van der Waals surface area contributed by atoms with Crippen LogP contribution in [0.2, 0.25) is 0 Å². The summed E-state index contributed by atoms with van der Waals surface area (Å²) in [5.74, 6) is -14.2. The molecule has 0 aliphatic rings. The zero-order chi connectivity index (χ0) is 49.8. The quantitative estimate of drug-likeness (QED) is 0.105. The molecule has 348 valence electrons. The normalized spacial score (nSPS) is 10.2. The molecule has 0 radical (unpaired) electrons. The number of aryl methyl sites for hydroxylation is 6. The van der Waals surface area contributed by atoms with Crippen molar-refractivity contribution in [1.29, 1.82) is 0 Å². The molecule has 16 heteroatoms. The Balaban J connectivity index is 0.000000384. The average Bonchev–Trinajstić information content (AvgIpc) is 3.24. The van der Waals surface area contributed by atoms with Gasteiger partial charge in [0.1, 0.15) is 34.9 Å². The van der Waals surface area contributed by atoms with Crippen LogP contribution in [0, 0.1) is 176 Å². The third-order valence-electron chi connectivity index (χ3n) is 9.16. The Morgan fingerprint density at radius 1 is 0.203 bits per heavy atom. The van der Waals surface area contributed by atoms with Crippen molar-refractivity contribution in [2.45, 2.75) is 83.1 Å². The van der Waals surface area contributed by atoms with Crippen LogP contribution in [-0.4, -0.2) is 0 Å². The van der Waals surface area contributed by atoms with E-state index in [1.165, 1.54) is 79.7 Å². The zero-order valence-electron chi connectivity index (χ0n) is 36.7. The minimum absolute atomic E-state index is 0.00870. The highest BCUT2D eigenvalue weighted by Gasteiger charge is 2.20. The van der Waals surface area contributed by atoms with E-state index < -0.39 is 104 Å². The predicted molar refractivity (Wildman–Crippen MR) is 215 cm³/mol. The summed E-state index contributed by atoms with van der Waals surface area (Å²) in [4.78, 5) is 0. The molecule has 6 aromatic carbocycles. The van der Waals surface area contributed by atoms with E-state index in [2.05, 4.69) is 0 Å². The SMILES string of the molecule is Cc1c(F)c(F)c(C)c(F)c1F.Cc1cc(F)c(C)c(F)c1.Cc1cc(F)c(C)c(F)c1.Cc1cc(F)c(C)c(F)c1F.Cc1cc(F)c(C)c(F)c1F.Cc1ccc(C)c(F)c1F. The molecular weight excluding hydrogens is 880 g/mol. The van der Waals surface area contributed by atoms with E-state index in [1.807, 2.05) is 0 Å². The molecule has 0 unspecified atom stereocenters. The molecule has 0 heterocycles. The molecule has 0 amide bonds. The van der Waals surface area contributed by atoms with Gasteiger partial charge in [0, 0.05) is 33.4 Å². The summed E-state index contributed by atoms with van der Waals surface area (Å²) < 4.78 is 202. The predicted octanol–water partition coefficient (Wildman–Crippen LogP) is 16.0. The van der Waals surface area contributed by atoms with Gasteiger partial charge < -0.3 is 0 Å². The van der Waals surface area contributed by atoms with Crippen molar-refractivity contribution in [3.05, 3.63) is 208 Å². The van der Waals surface area contributed by atoms with Crippen LogP contribution in [0.1, 0.15) is 66.8 Å². The summed E-state index contributed by atoms with van der Waals surface area (Å²) >= 11 is 0. The molecule has 6 aromatic rings. The van der Waals surface area contributed by atoms with Crippen LogP contribution in [0.15, 0.2) is 48.5 Å². The second kappa shape index (κ2) is 24.3. The molecular formula is C48H44F16. The average molecular weight is 925 g/mol. The van der Waals surface area contributed by atoms with Gasteiger partial charge in [0.25, 0.3) is 0 Å². The van der Waals surface area contributed by atoms with Gasteiger partial charge in [-0.15, -0.1) is 0 Å². The van der Waals surface area contributed by atoms with Crippen LogP contribution in [0.5, 0.6) is 0 Å². The maximum absolute atomic E-state index is 12.7. The first-order chi connectivity index (χ1) is 29.4. The van der Waals surface area contributed by atoms with Gasteiger partial charge in [-0.1, -0.05) is 12.1 Å².